The van der Waals surface area contributed by atoms with Crippen LogP contribution in [-0.4, -0.2) is 22.9 Å². The molecule has 0 saturated carbocycles. The molecule has 100 valence electrons. The van der Waals surface area contributed by atoms with Crippen LogP contribution in [0.25, 0.3) is 0 Å². The standard InChI is InChI=1S/C15H23NO2/c1-11(12-6-9-18-10-7-12)16-8-5-13-14(16)3-2-4-15(13)17/h5,8,11-12,15,17H,2-4,6-7,9-10H2,1H3. The average molecular weight is 249 g/mol. The van der Waals surface area contributed by atoms with E-state index >= 15 is 0 Å². The van der Waals surface area contributed by atoms with E-state index in [0.717, 1.165) is 45.3 Å². The highest BCUT2D eigenvalue weighted by atomic mass is 16.5. The second kappa shape index (κ2) is 5.06. The smallest absolute Gasteiger partial charge is 0.0807 e. The molecule has 1 saturated heterocycles. The van der Waals surface area contributed by atoms with Gasteiger partial charge in [0.25, 0.3) is 0 Å². The van der Waals surface area contributed by atoms with Gasteiger partial charge in [0, 0.05) is 36.7 Å². The Kier molecular flexibility index (Phi) is 3.44. The van der Waals surface area contributed by atoms with Crippen molar-refractivity contribution in [2.24, 2.45) is 5.92 Å². The SMILES string of the molecule is CC(C1CCOCC1)n1ccc2c1CCCC2O. The Balaban J connectivity index is 1.83. The van der Waals surface area contributed by atoms with Gasteiger partial charge in [-0.05, 0) is 51.0 Å². The van der Waals surface area contributed by atoms with Gasteiger partial charge in [0.2, 0.25) is 0 Å². The number of aromatic nitrogens is 1. The summed E-state index contributed by atoms with van der Waals surface area (Å²) in [6.45, 7) is 4.12. The molecule has 1 N–H and O–H groups in total. The molecule has 18 heavy (non-hydrogen) atoms. The van der Waals surface area contributed by atoms with E-state index in [9.17, 15) is 5.11 Å². The van der Waals surface area contributed by atoms with Crippen LogP contribution in [0.15, 0.2) is 12.3 Å². The normalized spacial score (nSPS) is 26.9. The first-order chi connectivity index (χ1) is 8.77. The van der Waals surface area contributed by atoms with E-state index in [2.05, 4.69) is 23.8 Å². The van der Waals surface area contributed by atoms with Crippen molar-refractivity contribution < 1.29 is 9.84 Å². The lowest BCUT2D eigenvalue weighted by Crippen LogP contribution is -2.25. The Morgan fingerprint density at radius 3 is 2.89 bits per heavy atom. The Labute approximate surface area is 109 Å². The van der Waals surface area contributed by atoms with Crippen molar-refractivity contribution in [2.75, 3.05) is 13.2 Å². The number of aliphatic hydroxyl groups is 1. The topological polar surface area (TPSA) is 34.4 Å². The summed E-state index contributed by atoms with van der Waals surface area (Å²) in [6, 6.07) is 2.65. The van der Waals surface area contributed by atoms with E-state index in [1.807, 2.05) is 0 Å². The van der Waals surface area contributed by atoms with E-state index in [0.29, 0.717) is 12.0 Å². The molecule has 3 nitrogen and oxygen atoms in total. The first-order valence-corrected chi connectivity index (χ1v) is 7.23. The van der Waals surface area contributed by atoms with Gasteiger partial charge >= 0.3 is 0 Å². The van der Waals surface area contributed by atoms with E-state index in [1.54, 1.807) is 0 Å². The van der Waals surface area contributed by atoms with Gasteiger partial charge in [-0.15, -0.1) is 0 Å². The zero-order valence-corrected chi connectivity index (χ0v) is 11.1. The van der Waals surface area contributed by atoms with Crippen LogP contribution in [0, 0.1) is 5.92 Å². The fourth-order valence-electron chi connectivity index (χ4n) is 3.50. The summed E-state index contributed by atoms with van der Waals surface area (Å²) in [5.41, 5.74) is 2.54. The molecule has 1 aromatic rings. The zero-order valence-electron chi connectivity index (χ0n) is 11.1. The van der Waals surface area contributed by atoms with Crippen molar-refractivity contribution >= 4 is 0 Å². The number of nitrogens with zero attached hydrogens (tertiary/aromatic N) is 1. The van der Waals surface area contributed by atoms with Crippen LogP contribution in [0.4, 0.5) is 0 Å². The monoisotopic (exact) mass is 249 g/mol. The Morgan fingerprint density at radius 1 is 1.33 bits per heavy atom. The van der Waals surface area contributed by atoms with Crippen LogP contribution < -0.4 is 0 Å². The summed E-state index contributed by atoms with van der Waals surface area (Å²) >= 11 is 0. The number of aliphatic hydroxyl groups excluding tert-OH is 1. The second-order valence-corrected chi connectivity index (χ2v) is 5.72. The number of fused-ring (bicyclic) bond motifs is 1. The highest BCUT2D eigenvalue weighted by Crippen LogP contribution is 2.35. The number of hydrogen-bond acceptors (Lipinski definition) is 2. The van der Waals surface area contributed by atoms with Gasteiger partial charge in [-0.3, -0.25) is 0 Å². The summed E-state index contributed by atoms with van der Waals surface area (Å²) in [5.74, 6) is 0.717. The van der Waals surface area contributed by atoms with Gasteiger partial charge in [-0.2, -0.15) is 0 Å². The van der Waals surface area contributed by atoms with Crippen LogP contribution in [0.5, 0.6) is 0 Å². The third-order valence-corrected chi connectivity index (χ3v) is 4.70. The van der Waals surface area contributed by atoms with E-state index in [-0.39, 0.29) is 6.10 Å². The Bertz CT molecular complexity index is 407. The molecule has 2 aliphatic rings. The summed E-state index contributed by atoms with van der Waals surface area (Å²) < 4.78 is 7.86. The maximum Gasteiger partial charge on any atom is 0.0807 e. The van der Waals surface area contributed by atoms with Gasteiger partial charge in [-0.1, -0.05) is 0 Å². The second-order valence-electron chi connectivity index (χ2n) is 5.72. The van der Waals surface area contributed by atoms with Gasteiger partial charge in [-0.25, -0.2) is 0 Å². The van der Waals surface area contributed by atoms with Crippen LogP contribution >= 0.6 is 0 Å². The lowest BCUT2D eigenvalue weighted by molar-refractivity contribution is 0.0507. The summed E-state index contributed by atoms with van der Waals surface area (Å²) in [7, 11) is 0. The molecule has 3 rings (SSSR count). The van der Waals surface area contributed by atoms with Crippen molar-refractivity contribution in [3.05, 3.63) is 23.5 Å². The highest BCUT2D eigenvalue weighted by Gasteiger charge is 2.27. The largest absolute Gasteiger partial charge is 0.388 e. The van der Waals surface area contributed by atoms with Crippen LogP contribution in [-0.2, 0) is 11.2 Å². The maximum absolute atomic E-state index is 10.0. The number of hydrogen-bond donors (Lipinski definition) is 1. The minimum absolute atomic E-state index is 0.239. The first kappa shape index (κ1) is 12.2. The van der Waals surface area contributed by atoms with Crippen molar-refractivity contribution in [1.82, 2.24) is 4.57 Å². The van der Waals surface area contributed by atoms with E-state index in [4.69, 9.17) is 4.74 Å². The predicted octanol–water partition coefficient (Wildman–Crippen LogP) is 2.85. The number of rotatable bonds is 2. The van der Waals surface area contributed by atoms with E-state index in [1.165, 1.54) is 11.3 Å². The molecule has 2 atom stereocenters. The molecule has 0 aromatic carbocycles. The molecule has 3 heteroatoms. The predicted molar refractivity (Wildman–Crippen MR) is 70.6 cm³/mol. The van der Waals surface area contributed by atoms with Crippen LogP contribution in [0.1, 0.15) is 56.0 Å². The third-order valence-electron chi connectivity index (χ3n) is 4.70. The van der Waals surface area contributed by atoms with Crippen molar-refractivity contribution in [1.29, 1.82) is 0 Å². The maximum atomic E-state index is 10.0. The molecule has 2 heterocycles. The summed E-state index contributed by atoms with van der Waals surface area (Å²) in [4.78, 5) is 0. The molecule has 1 fully saturated rings. The Hall–Kier alpha value is -0.800. The minimum Gasteiger partial charge on any atom is -0.388 e. The molecule has 2 unspecified atom stereocenters. The molecular formula is C15H23NO2. The summed E-state index contributed by atoms with van der Waals surface area (Å²) in [5, 5.41) is 10.0. The van der Waals surface area contributed by atoms with Crippen molar-refractivity contribution in [3.8, 4) is 0 Å². The van der Waals surface area contributed by atoms with Gasteiger partial charge < -0.3 is 14.4 Å². The molecule has 0 bridgehead atoms. The molecule has 0 radical (unpaired) electrons. The first-order valence-electron chi connectivity index (χ1n) is 7.23. The quantitative estimate of drug-likeness (QED) is 0.874. The van der Waals surface area contributed by atoms with Gasteiger partial charge in [0.05, 0.1) is 6.10 Å². The van der Waals surface area contributed by atoms with Crippen molar-refractivity contribution in [3.63, 3.8) is 0 Å². The summed E-state index contributed by atoms with van der Waals surface area (Å²) in [6.07, 6.45) is 7.41. The molecule has 0 amide bonds. The molecule has 1 aromatic heterocycles. The molecular weight excluding hydrogens is 226 g/mol. The fraction of sp³-hybridized carbons (Fsp3) is 0.733. The molecule has 1 aliphatic carbocycles. The molecule has 0 spiro atoms. The lowest BCUT2D eigenvalue weighted by atomic mass is 9.91. The van der Waals surface area contributed by atoms with Crippen molar-refractivity contribution in [2.45, 2.75) is 51.2 Å². The van der Waals surface area contributed by atoms with Crippen LogP contribution in [0.2, 0.25) is 0 Å². The van der Waals surface area contributed by atoms with Crippen LogP contribution in [0.3, 0.4) is 0 Å². The van der Waals surface area contributed by atoms with Gasteiger partial charge in [0.1, 0.15) is 0 Å². The molecule has 1 aliphatic heterocycles. The third kappa shape index (κ3) is 2.10. The van der Waals surface area contributed by atoms with E-state index < -0.39 is 0 Å². The minimum atomic E-state index is -0.239. The number of ether oxygens (including phenoxy) is 1. The fourth-order valence-corrected chi connectivity index (χ4v) is 3.50. The zero-order chi connectivity index (χ0) is 12.5. The average Bonchev–Trinajstić information content (AvgIpc) is 2.84. The lowest BCUT2D eigenvalue weighted by Gasteiger charge is -2.31. The Morgan fingerprint density at radius 2 is 2.11 bits per heavy atom. The van der Waals surface area contributed by atoms with Gasteiger partial charge in [0.15, 0.2) is 0 Å². The highest BCUT2D eigenvalue weighted by molar-refractivity contribution is 5.28.